The Morgan fingerprint density at radius 3 is 3.00 bits per heavy atom. The molecule has 0 amide bonds. The lowest BCUT2D eigenvalue weighted by Gasteiger charge is -1.86. The molecule has 0 N–H and O–H groups in total. The molecule has 1 rings (SSSR count). The summed E-state index contributed by atoms with van der Waals surface area (Å²) >= 11 is 5.55. The summed E-state index contributed by atoms with van der Waals surface area (Å²) in [7, 11) is 0. The fourth-order valence-corrected chi connectivity index (χ4v) is 0.655. The minimum absolute atomic E-state index is 0.410. The Morgan fingerprint density at radius 2 is 2.56 bits per heavy atom. The van der Waals surface area contributed by atoms with Crippen molar-refractivity contribution in [2.75, 3.05) is 0 Å². The zero-order chi connectivity index (χ0) is 6.69. The Kier molecular flexibility index (Phi) is 1.76. The molecule has 0 aromatic rings. The lowest BCUT2D eigenvalue weighted by atomic mass is 10.2. The first kappa shape index (κ1) is 6.18. The van der Waals surface area contributed by atoms with Crippen molar-refractivity contribution >= 4 is 17.8 Å². The van der Waals surface area contributed by atoms with E-state index in [0.717, 1.165) is 5.57 Å². The van der Waals surface area contributed by atoms with Crippen LogP contribution in [0, 0.1) is 12.3 Å². The van der Waals surface area contributed by atoms with Gasteiger partial charge in [0, 0.05) is 12.0 Å². The standard InChI is InChI=1S/C6H4ClN2/c1-2-3-5-4-8-9-6(5)7/h1,4H,3H2. The Balaban J connectivity index is 2.68. The minimum atomic E-state index is 0.410. The van der Waals surface area contributed by atoms with Crippen LogP contribution in [-0.2, 0) is 0 Å². The Morgan fingerprint density at radius 1 is 1.78 bits per heavy atom. The molecule has 0 saturated heterocycles. The molecule has 3 heteroatoms. The lowest BCUT2D eigenvalue weighted by molar-refractivity contribution is 0.950. The first-order valence-electron chi connectivity index (χ1n) is 2.41. The zero-order valence-corrected chi connectivity index (χ0v) is 5.39. The fourth-order valence-electron chi connectivity index (χ4n) is 0.495. The molecule has 45 valence electrons. The van der Waals surface area contributed by atoms with E-state index in [2.05, 4.69) is 16.4 Å². The predicted molar refractivity (Wildman–Crippen MR) is 37.0 cm³/mol. The van der Waals surface area contributed by atoms with Crippen LogP contribution in [0.1, 0.15) is 6.42 Å². The molecule has 0 bridgehead atoms. The van der Waals surface area contributed by atoms with Gasteiger partial charge in [0.2, 0.25) is 0 Å². The molecule has 0 aromatic carbocycles. The highest BCUT2D eigenvalue weighted by atomic mass is 35.5. The van der Waals surface area contributed by atoms with Gasteiger partial charge >= 0.3 is 0 Å². The molecule has 0 spiro atoms. The van der Waals surface area contributed by atoms with Crippen molar-refractivity contribution < 1.29 is 0 Å². The number of allylic oxidation sites excluding steroid dienone is 1. The molecule has 1 aliphatic heterocycles. The summed E-state index contributed by atoms with van der Waals surface area (Å²) in [4.78, 5) is 0. The van der Waals surface area contributed by atoms with Crippen LogP contribution in [0.5, 0.6) is 0 Å². The number of nitrogens with zero attached hydrogens (tertiary/aromatic N) is 2. The van der Waals surface area contributed by atoms with Crippen molar-refractivity contribution in [3.8, 4) is 12.3 Å². The Hall–Kier alpha value is -0.940. The normalized spacial score (nSPS) is 15.6. The first-order valence-corrected chi connectivity index (χ1v) is 2.78. The molecule has 0 fully saturated rings. The van der Waals surface area contributed by atoms with Gasteiger partial charge in [0.05, 0.1) is 6.21 Å². The molecule has 0 saturated carbocycles. The van der Waals surface area contributed by atoms with Crippen LogP contribution in [0.15, 0.2) is 15.8 Å². The van der Waals surface area contributed by atoms with Gasteiger partial charge in [-0.1, -0.05) is 11.6 Å². The number of hydrogen-bond donors (Lipinski definition) is 0. The Labute approximate surface area is 58.6 Å². The van der Waals surface area contributed by atoms with Gasteiger partial charge in [-0.2, -0.15) is 5.10 Å². The van der Waals surface area contributed by atoms with Crippen LogP contribution in [0.2, 0.25) is 0 Å². The summed E-state index contributed by atoms with van der Waals surface area (Å²) in [5.41, 5.74) is 4.37. The summed E-state index contributed by atoms with van der Waals surface area (Å²) < 4.78 is 0. The third kappa shape index (κ3) is 1.24. The average molecular weight is 140 g/mol. The van der Waals surface area contributed by atoms with Gasteiger partial charge in [0.15, 0.2) is 5.16 Å². The maximum absolute atomic E-state index is 5.55. The Bertz CT molecular complexity index is 210. The van der Waals surface area contributed by atoms with E-state index in [4.69, 9.17) is 18.0 Å². The van der Waals surface area contributed by atoms with Crippen LogP contribution in [0.3, 0.4) is 0 Å². The molecule has 1 aliphatic rings. The van der Waals surface area contributed by atoms with Gasteiger partial charge < -0.3 is 0 Å². The molecular weight excluding hydrogens is 136 g/mol. The number of terminal acetylenes is 1. The summed E-state index contributed by atoms with van der Waals surface area (Å²) in [5.74, 6) is 2.45. The number of halogens is 1. The molecular formula is C6H4ClN2. The quantitative estimate of drug-likeness (QED) is 0.384. The second kappa shape index (κ2) is 2.56. The first-order chi connectivity index (χ1) is 4.34. The molecule has 9 heavy (non-hydrogen) atoms. The van der Waals surface area contributed by atoms with E-state index in [-0.39, 0.29) is 0 Å². The SMILES string of the molecule is C#CCC1=C(Cl)[N]N=C1. The highest BCUT2D eigenvalue weighted by Gasteiger charge is 2.06. The topological polar surface area (TPSA) is 26.5 Å². The van der Waals surface area contributed by atoms with Crippen molar-refractivity contribution in [1.29, 1.82) is 0 Å². The van der Waals surface area contributed by atoms with E-state index >= 15 is 0 Å². The van der Waals surface area contributed by atoms with E-state index in [1.165, 1.54) is 0 Å². The predicted octanol–water partition coefficient (Wildman–Crippen LogP) is 1.06. The highest BCUT2D eigenvalue weighted by Crippen LogP contribution is 2.13. The molecule has 1 heterocycles. The van der Waals surface area contributed by atoms with E-state index in [0.29, 0.717) is 11.6 Å². The smallest absolute Gasteiger partial charge is 0.157 e. The molecule has 2 nitrogen and oxygen atoms in total. The second-order valence-corrected chi connectivity index (χ2v) is 1.90. The number of rotatable bonds is 1. The van der Waals surface area contributed by atoms with E-state index < -0.39 is 0 Å². The molecule has 0 unspecified atom stereocenters. The summed E-state index contributed by atoms with van der Waals surface area (Å²) in [6, 6.07) is 0. The fraction of sp³-hybridized carbons (Fsp3) is 0.167. The molecule has 0 atom stereocenters. The summed E-state index contributed by atoms with van der Waals surface area (Å²) in [6.07, 6.45) is 7.10. The van der Waals surface area contributed by atoms with Crippen LogP contribution in [-0.4, -0.2) is 6.21 Å². The van der Waals surface area contributed by atoms with Crippen LogP contribution in [0.25, 0.3) is 0 Å². The van der Waals surface area contributed by atoms with Gasteiger partial charge in [-0.15, -0.1) is 17.8 Å². The number of hydrogen-bond acceptors (Lipinski definition) is 1. The van der Waals surface area contributed by atoms with Crippen molar-refractivity contribution in [1.82, 2.24) is 5.43 Å². The molecule has 0 aliphatic carbocycles. The molecule has 0 aromatic heterocycles. The highest BCUT2D eigenvalue weighted by molar-refractivity contribution is 6.31. The monoisotopic (exact) mass is 139 g/mol. The minimum Gasteiger partial charge on any atom is -0.157 e. The third-order valence-corrected chi connectivity index (χ3v) is 1.23. The van der Waals surface area contributed by atoms with Gasteiger partial charge in [-0.05, 0) is 0 Å². The van der Waals surface area contributed by atoms with E-state index in [1.54, 1.807) is 6.21 Å². The van der Waals surface area contributed by atoms with Crippen molar-refractivity contribution in [2.45, 2.75) is 6.42 Å². The molecule has 1 radical (unpaired) electrons. The van der Waals surface area contributed by atoms with Crippen molar-refractivity contribution in [3.05, 3.63) is 10.7 Å². The van der Waals surface area contributed by atoms with Gasteiger partial charge in [-0.25, -0.2) is 0 Å². The van der Waals surface area contributed by atoms with Crippen LogP contribution in [0.4, 0.5) is 0 Å². The van der Waals surface area contributed by atoms with Crippen LogP contribution >= 0.6 is 11.6 Å². The van der Waals surface area contributed by atoms with Gasteiger partial charge in [-0.3, -0.25) is 0 Å². The van der Waals surface area contributed by atoms with E-state index in [1.807, 2.05) is 0 Å². The lowest BCUT2D eigenvalue weighted by Crippen LogP contribution is -1.84. The zero-order valence-electron chi connectivity index (χ0n) is 4.63. The third-order valence-electron chi connectivity index (χ3n) is 0.917. The largest absolute Gasteiger partial charge is 0.157 e. The van der Waals surface area contributed by atoms with Crippen molar-refractivity contribution in [3.63, 3.8) is 0 Å². The van der Waals surface area contributed by atoms with E-state index in [9.17, 15) is 0 Å². The summed E-state index contributed by atoms with van der Waals surface area (Å²) in [6.45, 7) is 0. The van der Waals surface area contributed by atoms with Crippen molar-refractivity contribution in [2.24, 2.45) is 5.10 Å². The van der Waals surface area contributed by atoms with Crippen LogP contribution < -0.4 is 5.43 Å². The average Bonchev–Trinajstić information content (AvgIpc) is 2.18. The summed E-state index contributed by atoms with van der Waals surface area (Å²) in [5, 5.41) is 3.97. The van der Waals surface area contributed by atoms with Gasteiger partial charge in [0.25, 0.3) is 0 Å². The second-order valence-electron chi connectivity index (χ2n) is 1.54. The maximum atomic E-state index is 5.55. The maximum Gasteiger partial charge on any atom is 0.157 e. The van der Waals surface area contributed by atoms with Gasteiger partial charge in [0.1, 0.15) is 0 Å².